The van der Waals surface area contributed by atoms with Gasteiger partial charge >= 0.3 is 0 Å². The van der Waals surface area contributed by atoms with Crippen molar-refractivity contribution in [1.29, 1.82) is 0 Å². The number of piperazine rings is 1. The van der Waals surface area contributed by atoms with Crippen LogP contribution in [0.15, 0.2) is 12.1 Å². The molecule has 1 aliphatic heterocycles. The minimum atomic E-state index is -1.58. The van der Waals surface area contributed by atoms with Gasteiger partial charge in [0.25, 0.3) is 0 Å². The number of benzene rings is 1. The lowest BCUT2D eigenvalue weighted by Crippen LogP contribution is -2.46. The molecule has 1 saturated heterocycles. The zero-order chi connectivity index (χ0) is 13.8. The fraction of sp³-hybridized carbons (Fsp3) is 0.417. The van der Waals surface area contributed by atoms with Crippen LogP contribution >= 0.6 is 0 Å². The Morgan fingerprint density at radius 3 is 2.58 bits per heavy atom. The van der Waals surface area contributed by atoms with Gasteiger partial charge in [-0.2, -0.15) is 0 Å². The number of rotatable bonds is 3. The van der Waals surface area contributed by atoms with Crippen molar-refractivity contribution in [2.75, 3.05) is 38.0 Å². The summed E-state index contributed by atoms with van der Waals surface area (Å²) >= 11 is 0. The average molecular weight is 273 g/mol. The van der Waals surface area contributed by atoms with Crippen molar-refractivity contribution in [3.05, 3.63) is 29.6 Å². The molecule has 4 nitrogen and oxygen atoms in total. The van der Waals surface area contributed by atoms with Crippen LogP contribution in [0.1, 0.15) is 0 Å². The maximum atomic E-state index is 13.3. The lowest BCUT2D eigenvalue weighted by atomic mass is 10.2. The van der Waals surface area contributed by atoms with Gasteiger partial charge in [0.05, 0.1) is 12.2 Å². The van der Waals surface area contributed by atoms with Gasteiger partial charge in [-0.25, -0.2) is 13.2 Å². The zero-order valence-corrected chi connectivity index (χ0v) is 10.2. The number of anilines is 1. The Hall–Kier alpha value is -1.60. The summed E-state index contributed by atoms with van der Waals surface area (Å²) in [4.78, 5) is 13.6. The van der Waals surface area contributed by atoms with Crippen molar-refractivity contribution in [3.63, 3.8) is 0 Å². The highest BCUT2D eigenvalue weighted by molar-refractivity contribution is 5.92. The van der Waals surface area contributed by atoms with Gasteiger partial charge in [-0.05, 0) is 12.1 Å². The summed E-state index contributed by atoms with van der Waals surface area (Å²) in [5.74, 6) is -4.70. The van der Waals surface area contributed by atoms with Gasteiger partial charge in [0.1, 0.15) is 0 Å². The van der Waals surface area contributed by atoms with Crippen LogP contribution in [0.3, 0.4) is 0 Å². The highest BCUT2D eigenvalue weighted by Crippen LogP contribution is 2.19. The molecule has 0 aliphatic carbocycles. The van der Waals surface area contributed by atoms with E-state index in [0.717, 1.165) is 25.2 Å². The minimum Gasteiger partial charge on any atom is -0.322 e. The second-order valence-corrected chi connectivity index (χ2v) is 4.30. The summed E-state index contributed by atoms with van der Waals surface area (Å²) in [6, 6.07) is 1.78. The third-order valence-corrected chi connectivity index (χ3v) is 2.89. The molecule has 1 amide bonds. The molecule has 0 atom stereocenters. The number of carbonyl (C=O) groups is 1. The second-order valence-electron chi connectivity index (χ2n) is 4.30. The van der Waals surface area contributed by atoms with E-state index >= 15 is 0 Å². The molecule has 0 spiro atoms. The fourth-order valence-corrected chi connectivity index (χ4v) is 1.88. The molecule has 1 aliphatic rings. The van der Waals surface area contributed by atoms with Crippen LogP contribution in [0.25, 0.3) is 0 Å². The number of carbonyl (C=O) groups excluding carboxylic acids is 1. The Bertz CT molecular complexity index is 476. The third-order valence-electron chi connectivity index (χ3n) is 2.89. The monoisotopic (exact) mass is 273 g/mol. The van der Waals surface area contributed by atoms with E-state index in [1.54, 1.807) is 0 Å². The Labute approximate surface area is 108 Å². The maximum Gasteiger partial charge on any atom is 0.238 e. The first-order chi connectivity index (χ1) is 9.08. The maximum absolute atomic E-state index is 13.3. The largest absolute Gasteiger partial charge is 0.322 e. The van der Waals surface area contributed by atoms with E-state index < -0.39 is 23.4 Å². The van der Waals surface area contributed by atoms with Gasteiger partial charge in [-0.1, -0.05) is 0 Å². The SMILES string of the molecule is O=C(CN1CCNCC1)Nc1ccc(F)c(F)c1F. The number of hydrogen-bond acceptors (Lipinski definition) is 3. The van der Waals surface area contributed by atoms with Gasteiger partial charge in [0, 0.05) is 26.2 Å². The smallest absolute Gasteiger partial charge is 0.238 e. The number of nitrogens with zero attached hydrogens (tertiary/aromatic N) is 1. The molecular formula is C12H14F3N3O. The summed E-state index contributed by atoms with van der Waals surface area (Å²) in [6.07, 6.45) is 0. The molecule has 1 fully saturated rings. The van der Waals surface area contributed by atoms with E-state index in [1.807, 2.05) is 4.90 Å². The molecule has 0 saturated carbocycles. The molecule has 2 rings (SSSR count). The van der Waals surface area contributed by atoms with Crippen molar-refractivity contribution >= 4 is 11.6 Å². The molecule has 0 bridgehead atoms. The fourth-order valence-electron chi connectivity index (χ4n) is 1.88. The number of hydrogen-bond donors (Lipinski definition) is 2. The lowest BCUT2D eigenvalue weighted by molar-refractivity contribution is -0.117. The van der Waals surface area contributed by atoms with Crippen LogP contribution in [0.2, 0.25) is 0 Å². The predicted molar refractivity (Wildman–Crippen MR) is 64.3 cm³/mol. The third kappa shape index (κ3) is 3.45. The van der Waals surface area contributed by atoms with Crippen molar-refractivity contribution in [3.8, 4) is 0 Å². The Kier molecular flexibility index (Phi) is 4.39. The van der Waals surface area contributed by atoms with Crippen molar-refractivity contribution in [2.24, 2.45) is 0 Å². The Morgan fingerprint density at radius 1 is 1.21 bits per heavy atom. The van der Waals surface area contributed by atoms with Gasteiger partial charge < -0.3 is 10.6 Å². The van der Waals surface area contributed by atoms with Crippen LogP contribution in [0.5, 0.6) is 0 Å². The molecule has 1 heterocycles. The molecule has 1 aromatic rings. The molecule has 7 heteroatoms. The predicted octanol–water partition coefficient (Wildman–Crippen LogP) is 0.948. The number of nitrogens with one attached hydrogen (secondary N) is 2. The molecule has 19 heavy (non-hydrogen) atoms. The quantitative estimate of drug-likeness (QED) is 0.806. The van der Waals surface area contributed by atoms with E-state index in [1.165, 1.54) is 0 Å². The van der Waals surface area contributed by atoms with E-state index in [0.29, 0.717) is 13.1 Å². The van der Waals surface area contributed by atoms with E-state index in [-0.39, 0.29) is 12.2 Å². The van der Waals surface area contributed by atoms with Gasteiger partial charge in [-0.3, -0.25) is 9.69 Å². The van der Waals surface area contributed by atoms with E-state index in [2.05, 4.69) is 10.6 Å². The minimum absolute atomic E-state index is 0.0973. The topological polar surface area (TPSA) is 44.4 Å². The van der Waals surface area contributed by atoms with Crippen LogP contribution in [-0.2, 0) is 4.79 Å². The van der Waals surface area contributed by atoms with Crippen molar-refractivity contribution in [2.45, 2.75) is 0 Å². The summed E-state index contributed by atoms with van der Waals surface area (Å²) in [7, 11) is 0. The van der Waals surface area contributed by atoms with Gasteiger partial charge in [0.2, 0.25) is 5.91 Å². The first-order valence-electron chi connectivity index (χ1n) is 5.94. The zero-order valence-electron chi connectivity index (χ0n) is 10.2. The average Bonchev–Trinajstić information content (AvgIpc) is 2.41. The highest BCUT2D eigenvalue weighted by atomic mass is 19.2. The summed E-state index contributed by atoms with van der Waals surface area (Å²) in [5, 5.41) is 5.38. The molecular weight excluding hydrogens is 259 g/mol. The Balaban J connectivity index is 1.97. The van der Waals surface area contributed by atoms with Crippen molar-refractivity contribution < 1.29 is 18.0 Å². The van der Waals surface area contributed by atoms with Gasteiger partial charge in [0.15, 0.2) is 17.5 Å². The number of halogens is 3. The first kappa shape index (κ1) is 13.8. The van der Waals surface area contributed by atoms with Crippen molar-refractivity contribution in [1.82, 2.24) is 10.2 Å². The molecule has 1 aromatic carbocycles. The molecule has 104 valence electrons. The van der Waals surface area contributed by atoms with Crippen LogP contribution < -0.4 is 10.6 Å². The van der Waals surface area contributed by atoms with E-state index in [4.69, 9.17) is 0 Å². The summed E-state index contributed by atoms with van der Waals surface area (Å²) < 4.78 is 39.1. The lowest BCUT2D eigenvalue weighted by Gasteiger charge is -2.26. The summed E-state index contributed by atoms with van der Waals surface area (Å²) in [6.45, 7) is 3.10. The standard InChI is InChI=1S/C12H14F3N3O/c13-8-1-2-9(12(15)11(8)14)17-10(19)7-18-5-3-16-4-6-18/h1-2,16H,3-7H2,(H,17,19). The van der Waals surface area contributed by atoms with Crippen LogP contribution in [0.4, 0.5) is 18.9 Å². The molecule has 0 radical (unpaired) electrons. The first-order valence-corrected chi connectivity index (χ1v) is 5.94. The molecule has 0 aromatic heterocycles. The summed E-state index contributed by atoms with van der Waals surface area (Å²) in [5.41, 5.74) is -0.348. The second kappa shape index (κ2) is 6.03. The molecule has 2 N–H and O–H groups in total. The van der Waals surface area contributed by atoms with Crippen LogP contribution in [0, 0.1) is 17.5 Å². The van der Waals surface area contributed by atoms with E-state index in [9.17, 15) is 18.0 Å². The normalized spacial score (nSPS) is 16.4. The Morgan fingerprint density at radius 2 is 1.89 bits per heavy atom. The van der Waals surface area contributed by atoms with Gasteiger partial charge in [-0.15, -0.1) is 0 Å². The van der Waals surface area contributed by atoms with Crippen LogP contribution in [-0.4, -0.2) is 43.5 Å². The number of amides is 1. The highest BCUT2D eigenvalue weighted by Gasteiger charge is 2.17. The molecule has 0 unspecified atom stereocenters.